The van der Waals surface area contributed by atoms with Crippen molar-refractivity contribution in [3.05, 3.63) is 25.3 Å². The number of allylic oxidation sites excluding steroid dienone is 1. The van der Waals surface area contributed by atoms with Gasteiger partial charge in [-0.05, 0) is 31.4 Å². The molecule has 10 heteroatoms. The van der Waals surface area contributed by atoms with Gasteiger partial charge in [-0.3, -0.25) is 14.4 Å². The highest BCUT2D eigenvalue weighted by Crippen LogP contribution is 2.06. The zero-order valence-corrected chi connectivity index (χ0v) is 20.2. The van der Waals surface area contributed by atoms with Crippen LogP contribution < -0.4 is 5.32 Å². The van der Waals surface area contributed by atoms with Gasteiger partial charge in [-0.1, -0.05) is 20.1 Å². The standard InChI is InChI=1S/C24H41NO9/c1-4-7-19(27)9-11-21(29)15-34-23(16-32-13-20(28)10-8-18(26)5-2)17-33-14-22(30)12-25-24(31)6-3/h5-6,20-23,28-30H,2-4,7-17H2,1H3,(H,25,31). The molecule has 0 bridgehead atoms. The zero-order chi connectivity index (χ0) is 25.8. The topological polar surface area (TPSA) is 152 Å². The van der Waals surface area contributed by atoms with Crippen molar-refractivity contribution < 1.29 is 43.9 Å². The first kappa shape index (κ1) is 32.0. The van der Waals surface area contributed by atoms with Crippen LogP contribution >= 0.6 is 0 Å². The number of carbonyl (C=O) groups excluding carboxylic acids is 3. The van der Waals surface area contributed by atoms with Gasteiger partial charge in [-0.2, -0.15) is 0 Å². The molecule has 0 saturated heterocycles. The van der Waals surface area contributed by atoms with Gasteiger partial charge in [0, 0.05) is 25.8 Å². The Morgan fingerprint density at radius 2 is 1.41 bits per heavy atom. The summed E-state index contributed by atoms with van der Waals surface area (Å²) in [6, 6.07) is 0. The number of hydrogen-bond acceptors (Lipinski definition) is 9. The van der Waals surface area contributed by atoms with Crippen LogP contribution in [-0.4, -0.2) is 96.8 Å². The van der Waals surface area contributed by atoms with Gasteiger partial charge in [-0.25, -0.2) is 0 Å². The molecule has 196 valence electrons. The van der Waals surface area contributed by atoms with Crippen molar-refractivity contribution in [2.75, 3.05) is 39.6 Å². The molecule has 0 fully saturated rings. The Kier molecular flexibility index (Phi) is 19.3. The van der Waals surface area contributed by atoms with Crippen LogP contribution in [0.5, 0.6) is 0 Å². The van der Waals surface area contributed by atoms with E-state index in [1.165, 1.54) is 6.08 Å². The van der Waals surface area contributed by atoms with E-state index in [-0.39, 0.29) is 76.8 Å². The first-order valence-corrected chi connectivity index (χ1v) is 11.6. The number of aliphatic hydroxyl groups excluding tert-OH is 3. The molecule has 0 aliphatic heterocycles. The molecule has 0 aliphatic carbocycles. The molecule has 34 heavy (non-hydrogen) atoms. The summed E-state index contributed by atoms with van der Waals surface area (Å²) in [7, 11) is 0. The van der Waals surface area contributed by atoms with Crippen molar-refractivity contribution in [3.8, 4) is 0 Å². The van der Waals surface area contributed by atoms with E-state index in [4.69, 9.17) is 14.2 Å². The molecule has 0 rings (SSSR count). The van der Waals surface area contributed by atoms with Crippen LogP contribution in [0.4, 0.5) is 0 Å². The van der Waals surface area contributed by atoms with Gasteiger partial charge in [0.15, 0.2) is 5.78 Å². The van der Waals surface area contributed by atoms with Crippen LogP contribution in [0.1, 0.15) is 45.4 Å². The Balaban J connectivity index is 4.50. The summed E-state index contributed by atoms with van der Waals surface area (Å²) in [6.07, 6.45) is 1.27. The van der Waals surface area contributed by atoms with E-state index in [1.807, 2.05) is 6.92 Å². The van der Waals surface area contributed by atoms with Crippen LogP contribution in [0.15, 0.2) is 25.3 Å². The van der Waals surface area contributed by atoms with Crippen LogP contribution in [0.3, 0.4) is 0 Å². The minimum Gasteiger partial charge on any atom is -0.391 e. The number of hydrogen-bond donors (Lipinski definition) is 4. The quantitative estimate of drug-likeness (QED) is 0.151. The zero-order valence-electron chi connectivity index (χ0n) is 20.2. The molecule has 0 aliphatic rings. The molecule has 4 atom stereocenters. The fourth-order valence-corrected chi connectivity index (χ4v) is 2.72. The summed E-state index contributed by atoms with van der Waals surface area (Å²) in [5, 5.41) is 32.4. The molecule has 4 N–H and O–H groups in total. The lowest BCUT2D eigenvalue weighted by Crippen LogP contribution is -2.36. The lowest BCUT2D eigenvalue weighted by atomic mass is 10.1. The Labute approximate surface area is 202 Å². The first-order valence-electron chi connectivity index (χ1n) is 11.6. The van der Waals surface area contributed by atoms with Gasteiger partial charge in [0.25, 0.3) is 0 Å². The monoisotopic (exact) mass is 487 g/mol. The van der Waals surface area contributed by atoms with E-state index in [1.54, 1.807) is 0 Å². The lowest BCUT2D eigenvalue weighted by molar-refractivity contribution is -0.121. The second-order valence-electron chi connectivity index (χ2n) is 7.98. The molecule has 4 unspecified atom stereocenters. The average Bonchev–Trinajstić information content (AvgIpc) is 2.82. The molecule has 10 nitrogen and oxygen atoms in total. The molecular formula is C24H41NO9. The summed E-state index contributed by atoms with van der Waals surface area (Å²) in [5.74, 6) is -0.484. The van der Waals surface area contributed by atoms with E-state index in [0.717, 1.165) is 12.5 Å². The largest absolute Gasteiger partial charge is 0.391 e. The number of aliphatic hydroxyl groups is 3. The molecule has 0 aromatic carbocycles. The van der Waals surface area contributed by atoms with Crippen molar-refractivity contribution in [2.24, 2.45) is 0 Å². The maximum Gasteiger partial charge on any atom is 0.243 e. The van der Waals surface area contributed by atoms with E-state index in [0.29, 0.717) is 6.42 Å². The predicted molar refractivity (Wildman–Crippen MR) is 126 cm³/mol. The average molecular weight is 488 g/mol. The van der Waals surface area contributed by atoms with E-state index >= 15 is 0 Å². The first-order chi connectivity index (χ1) is 16.2. The van der Waals surface area contributed by atoms with Crippen LogP contribution in [0.2, 0.25) is 0 Å². The summed E-state index contributed by atoms with van der Waals surface area (Å²) in [6.45, 7) is 8.55. The smallest absolute Gasteiger partial charge is 0.243 e. The SMILES string of the molecule is C=CC(=O)CCC(O)COCC(COCC(O)CNC(=O)C=C)OCC(O)CCC(=O)CCC. The Morgan fingerprint density at radius 1 is 0.824 bits per heavy atom. The third kappa shape index (κ3) is 18.5. The van der Waals surface area contributed by atoms with E-state index in [9.17, 15) is 29.7 Å². The van der Waals surface area contributed by atoms with Gasteiger partial charge in [0.2, 0.25) is 5.91 Å². The summed E-state index contributed by atoms with van der Waals surface area (Å²) >= 11 is 0. The molecule has 0 aromatic rings. The van der Waals surface area contributed by atoms with Crippen molar-refractivity contribution in [1.82, 2.24) is 5.32 Å². The normalized spacial score (nSPS) is 14.6. The van der Waals surface area contributed by atoms with Crippen LogP contribution in [-0.2, 0) is 28.6 Å². The predicted octanol–water partition coefficient (Wildman–Crippen LogP) is 0.474. The molecule has 1 amide bonds. The highest BCUT2D eigenvalue weighted by molar-refractivity contribution is 5.89. The number of amides is 1. The third-order valence-corrected chi connectivity index (χ3v) is 4.69. The second kappa shape index (κ2) is 20.4. The fourth-order valence-electron chi connectivity index (χ4n) is 2.72. The van der Waals surface area contributed by atoms with Gasteiger partial charge < -0.3 is 34.8 Å². The molecule has 0 heterocycles. The molecule has 0 saturated carbocycles. The molecule has 0 spiro atoms. The number of ether oxygens (including phenoxy) is 3. The number of nitrogens with one attached hydrogen (secondary N) is 1. The van der Waals surface area contributed by atoms with Gasteiger partial charge in [0.05, 0.1) is 51.3 Å². The summed E-state index contributed by atoms with van der Waals surface area (Å²) in [5.41, 5.74) is 0. The van der Waals surface area contributed by atoms with Gasteiger partial charge in [0.1, 0.15) is 11.9 Å². The highest BCUT2D eigenvalue weighted by Gasteiger charge is 2.17. The second-order valence-corrected chi connectivity index (χ2v) is 7.98. The number of ketones is 2. The number of Topliss-reactive ketones (excluding diaryl/α,β-unsaturated/α-hetero) is 1. The van der Waals surface area contributed by atoms with Crippen molar-refractivity contribution in [1.29, 1.82) is 0 Å². The van der Waals surface area contributed by atoms with Crippen LogP contribution in [0, 0.1) is 0 Å². The summed E-state index contributed by atoms with van der Waals surface area (Å²) < 4.78 is 16.6. The highest BCUT2D eigenvalue weighted by atomic mass is 16.6. The minimum absolute atomic E-state index is 0.00694. The Bertz CT molecular complexity index is 575. The summed E-state index contributed by atoms with van der Waals surface area (Å²) in [4.78, 5) is 34.0. The maximum absolute atomic E-state index is 11.6. The van der Waals surface area contributed by atoms with Gasteiger partial charge >= 0.3 is 0 Å². The fraction of sp³-hybridized carbons (Fsp3) is 0.708. The van der Waals surface area contributed by atoms with Gasteiger partial charge in [-0.15, -0.1) is 0 Å². The third-order valence-electron chi connectivity index (χ3n) is 4.69. The lowest BCUT2D eigenvalue weighted by Gasteiger charge is -2.22. The van der Waals surface area contributed by atoms with Crippen molar-refractivity contribution in [3.63, 3.8) is 0 Å². The Hall–Kier alpha value is -1.95. The molecule has 0 aromatic heterocycles. The Morgan fingerprint density at radius 3 is 2.00 bits per heavy atom. The molecule has 0 radical (unpaired) electrons. The van der Waals surface area contributed by atoms with Crippen LogP contribution in [0.25, 0.3) is 0 Å². The number of carbonyl (C=O) groups is 3. The maximum atomic E-state index is 11.6. The van der Waals surface area contributed by atoms with E-state index < -0.39 is 30.3 Å². The number of rotatable bonds is 23. The molecular weight excluding hydrogens is 446 g/mol. The van der Waals surface area contributed by atoms with E-state index in [2.05, 4.69) is 18.5 Å². The van der Waals surface area contributed by atoms with Crippen molar-refractivity contribution >= 4 is 17.5 Å². The van der Waals surface area contributed by atoms with Crippen molar-refractivity contribution in [2.45, 2.75) is 69.9 Å². The minimum atomic E-state index is -0.940.